The second kappa shape index (κ2) is 4.04. The third-order valence-electron chi connectivity index (χ3n) is 4.92. The topological polar surface area (TPSA) is 9.23 Å². The molecular formula is C16H22O. The lowest BCUT2D eigenvalue weighted by Crippen LogP contribution is -2.18. The third-order valence-corrected chi connectivity index (χ3v) is 4.92. The maximum atomic E-state index is 5.64. The van der Waals surface area contributed by atoms with Gasteiger partial charge in [0.1, 0.15) is 5.75 Å². The van der Waals surface area contributed by atoms with Crippen molar-refractivity contribution in [1.82, 2.24) is 0 Å². The van der Waals surface area contributed by atoms with Crippen molar-refractivity contribution in [3.63, 3.8) is 0 Å². The predicted octanol–water partition coefficient (Wildman–Crippen LogP) is 4.02. The Balaban J connectivity index is 2.17. The van der Waals surface area contributed by atoms with Gasteiger partial charge in [-0.1, -0.05) is 25.8 Å². The molecule has 0 amide bonds. The molecule has 92 valence electrons. The lowest BCUT2D eigenvalue weighted by Gasteiger charge is -2.26. The van der Waals surface area contributed by atoms with Crippen molar-refractivity contribution in [3.8, 4) is 5.75 Å². The number of hydrogen-bond donors (Lipinski definition) is 0. The Labute approximate surface area is 104 Å². The Morgan fingerprint density at radius 2 is 1.94 bits per heavy atom. The molecule has 2 aliphatic rings. The number of hydrogen-bond acceptors (Lipinski definition) is 1. The molecule has 1 spiro atoms. The quantitative estimate of drug-likeness (QED) is 0.745. The SMILES string of the molecule is CCc1ccc(OC)c2c1CCC21CCCC1. The van der Waals surface area contributed by atoms with Gasteiger partial charge in [0.05, 0.1) is 7.11 Å². The van der Waals surface area contributed by atoms with Gasteiger partial charge in [0.15, 0.2) is 0 Å². The normalized spacial score (nSPS) is 20.8. The van der Waals surface area contributed by atoms with Crippen LogP contribution in [0.15, 0.2) is 12.1 Å². The Morgan fingerprint density at radius 3 is 2.59 bits per heavy atom. The number of aryl methyl sites for hydroxylation is 1. The molecule has 0 bridgehead atoms. The number of methoxy groups -OCH3 is 1. The Hall–Kier alpha value is -0.980. The van der Waals surface area contributed by atoms with E-state index in [2.05, 4.69) is 19.1 Å². The molecular weight excluding hydrogens is 208 g/mol. The Bertz CT molecular complexity index is 427. The van der Waals surface area contributed by atoms with E-state index in [4.69, 9.17) is 4.74 Å². The molecule has 17 heavy (non-hydrogen) atoms. The van der Waals surface area contributed by atoms with Gasteiger partial charge in [-0.25, -0.2) is 0 Å². The van der Waals surface area contributed by atoms with Crippen LogP contribution in [0.4, 0.5) is 0 Å². The van der Waals surface area contributed by atoms with Gasteiger partial charge in [-0.3, -0.25) is 0 Å². The van der Waals surface area contributed by atoms with Gasteiger partial charge in [-0.05, 0) is 54.7 Å². The van der Waals surface area contributed by atoms with Gasteiger partial charge in [0, 0.05) is 5.56 Å². The minimum atomic E-state index is 0.478. The van der Waals surface area contributed by atoms with Crippen LogP contribution in [0.25, 0.3) is 0 Å². The van der Waals surface area contributed by atoms with Crippen molar-refractivity contribution in [3.05, 3.63) is 28.8 Å². The third kappa shape index (κ3) is 1.51. The van der Waals surface area contributed by atoms with Crippen molar-refractivity contribution >= 4 is 0 Å². The van der Waals surface area contributed by atoms with Crippen molar-refractivity contribution in [2.45, 2.75) is 57.3 Å². The van der Waals surface area contributed by atoms with E-state index in [0.29, 0.717) is 5.41 Å². The fourth-order valence-electron chi connectivity index (χ4n) is 4.08. The van der Waals surface area contributed by atoms with Crippen LogP contribution in [-0.2, 0) is 18.3 Å². The first-order valence-corrected chi connectivity index (χ1v) is 7.00. The summed E-state index contributed by atoms with van der Waals surface area (Å²) in [5.74, 6) is 1.15. The molecule has 0 saturated heterocycles. The minimum Gasteiger partial charge on any atom is -0.496 e. The lowest BCUT2D eigenvalue weighted by molar-refractivity contribution is 0.377. The first-order chi connectivity index (χ1) is 8.30. The van der Waals surface area contributed by atoms with Gasteiger partial charge >= 0.3 is 0 Å². The van der Waals surface area contributed by atoms with Crippen molar-refractivity contribution in [2.24, 2.45) is 0 Å². The Kier molecular flexibility index (Phi) is 2.65. The van der Waals surface area contributed by atoms with Crippen LogP contribution in [0, 0.1) is 0 Å². The predicted molar refractivity (Wildman–Crippen MR) is 70.8 cm³/mol. The zero-order valence-corrected chi connectivity index (χ0v) is 11.0. The fourth-order valence-corrected chi connectivity index (χ4v) is 4.08. The average molecular weight is 230 g/mol. The minimum absolute atomic E-state index is 0.478. The van der Waals surface area contributed by atoms with E-state index >= 15 is 0 Å². The maximum absolute atomic E-state index is 5.64. The molecule has 0 radical (unpaired) electrons. The van der Waals surface area contributed by atoms with Crippen molar-refractivity contribution in [1.29, 1.82) is 0 Å². The van der Waals surface area contributed by atoms with Gasteiger partial charge in [0.25, 0.3) is 0 Å². The highest BCUT2D eigenvalue weighted by atomic mass is 16.5. The first kappa shape index (κ1) is 11.1. The summed E-state index contributed by atoms with van der Waals surface area (Å²) in [5, 5.41) is 0. The summed E-state index contributed by atoms with van der Waals surface area (Å²) in [6.07, 6.45) is 9.35. The van der Waals surface area contributed by atoms with E-state index in [1.165, 1.54) is 38.5 Å². The van der Waals surface area contributed by atoms with E-state index in [0.717, 1.165) is 12.2 Å². The van der Waals surface area contributed by atoms with Crippen molar-refractivity contribution < 1.29 is 4.74 Å². The molecule has 1 heteroatoms. The molecule has 1 aromatic rings. The fraction of sp³-hybridized carbons (Fsp3) is 0.625. The summed E-state index contributed by atoms with van der Waals surface area (Å²) in [6.45, 7) is 2.27. The zero-order chi connectivity index (χ0) is 11.9. The van der Waals surface area contributed by atoms with Gasteiger partial charge in [0.2, 0.25) is 0 Å². The maximum Gasteiger partial charge on any atom is 0.122 e. The monoisotopic (exact) mass is 230 g/mol. The number of benzene rings is 1. The van der Waals surface area contributed by atoms with E-state index in [-0.39, 0.29) is 0 Å². The molecule has 0 unspecified atom stereocenters. The van der Waals surface area contributed by atoms with Gasteiger partial charge in [-0.2, -0.15) is 0 Å². The summed E-state index contributed by atoms with van der Waals surface area (Å²) in [4.78, 5) is 0. The number of fused-ring (bicyclic) bond motifs is 2. The highest BCUT2D eigenvalue weighted by molar-refractivity contribution is 5.53. The highest BCUT2D eigenvalue weighted by Gasteiger charge is 2.43. The molecule has 0 N–H and O–H groups in total. The highest BCUT2D eigenvalue weighted by Crippen LogP contribution is 2.54. The van der Waals surface area contributed by atoms with Gasteiger partial charge in [-0.15, -0.1) is 0 Å². The second-order valence-electron chi connectivity index (χ2n) is 5.62. The van der Waals surface area contributed by atoms with Crippen LogP contribution in [0.1, 0.15) is 55.7 Å². The van der Waals surface area contributed by atoms with Crippen LogP contribution in [-0.4, -0.2) is 7.11 Å². The van der Waals surface area contributed by atoms with Crippen LogP contribution in [0.2, 0.25) is 0 Å². The standard InChI is InChI=1S/C16H22O/c1-3-12-6-7-14(17-2)15-13(12)8-11-16(15)9-4-5-10-16/h6-7H,3-5,8-11H2,1-2H3. The van der Waals surface area contributed by atoms with E-state index in [1.807, 2.05) is 7.11 Å². The van der Waals surface area contributed by atoms with Crippen LogP contribution < -0.4 is 4.74 Å². The lowest BCUT2D eigenvalue weighted by atomic mass is 9.79. The molecule has 0 atom stereocenters. The smallest absolute Gasteiger partial charge is 0.122 e. The van der Waals surface area contributed by atoms with Gasteiger partial charge < -0.3 is 4.74 Å². The number of ether oxygens (including phenoxy) is 1. The summed E-state index contributed by atoms with van der Waals surface area (Å²) in [5.41, 5.74) is 5.22. The summed E-state index contributed by atoms with van der Waals surface area (Å²) in [7, 11) is 1.82. The number of rotatable bonds is 2. The molecule has 0 aliphatic heterocycles. The molecule has 0 heterocycles. The molecule has 0 aromatic heterocycles. The summed E-state index contributed by atoms with van der Waals surface area (Å²) in [6, 6.07) is 4.47. The van der Waals surface area contributed by atoms with Crippen molar-refractivity contribution in [2.75, 3.05) is 7.11 Å². The van der Waals surface area contributed by atoms with Crippen LogP contribution in [0.5, 0.6) is 5.75 Å². The Morgan fingerprint density at radius 1 is 1.18 bits per heavy atom. The zero-order valence-electron chi connectivity index (χ0n) is 11.0. The average Bonchev–Trinajstić information content (AvgIpc) is 2.98. The largest absolute Gasteiger partial charge is 0.496 e. The van der Waals surface area contributed by atoms with Crippen LogP contribution in [0.3, 0.4) is 0 Å². The molecule has 3 rings (SSSR count). The molecule has 1 fully saturated rings. The second-order valence-corrected chi connectivity index (χ2v) is 5.62. The van der Waals surface area contributed by atoms with E-state index in [9.17, 15) is 0 Å². The first-order valence-electron chi connectivity index (χ1n) is 7.00. The van der Waals surface area contributed by atoms with E-state index in [1.54, 1.807) is 16.7 Å². The van der Waals surface area contributed by atoms with Crippen LogP contribution >= 0.6 is 0 Å². The molecule has 1 saturated carbocycles. The summed E-state index contributed by atoms with van der Waals surface area (Å²) < 4.78 is 5.64. The summed E-state index contributed by atoms with van der Waals surface area (Å²) >= 11 is 0. The molecule has 2 aliphatic carbocycles. The molecule has 1 aromatic carbocycles. The molecule has 1 nitrogen and oxygen atoms in total. The van der Waals surface area contributed by atoms with E-state index < -0.39 is 0 Å².